The van der Waals surface area contributed by atoms with Crippen LogP contribution in [-0.4, -0.2) is 44.1 Å². The average molecular weight is 626 g/mol. The number of aryl methyl sites for hydroxylation is 2. The lowest BCUT2D eigenvalue weighted by Crippen LogP contribution is -2.54. The summed E-state index contributed by atoms with van der Waals surface area (Å²) in [6.45, 7) is 5.84. The number of benzene rings is 3. The molecule has 0 aliphatic carbocycles. The summed E-state index contributed by atoms with van der Waals surface area (Å²) in [4.78, 5) is 52.0. The van der Waals surface area contributed by atoms with Gasteiger partial charge in [-0.2, -0.15) is 0 Å². The number of rotatable bonds is 10. The topological polar surface area (TPSA) is 123 Å². The van der Waals surface area contributed by atoms with Crippen LogP contribution >= 0.6 is 23.2 Å². The van der Waals surface area contributed by atoms with Gasteiger partial charge in [0.2, 0.25) is 0 Å². The Bertz CT molecular complexity index is 1610. The smallest absolute Gasteiger partial charge is 0.335 e. The van der Waals surface area contributed by atoms with Crippen molar-refractivity contribution >= 4 is 64.4 Å². The van der Waals surface area contributed by atoms with Crippen molar-refractivity contribution in [2.75, 3.05) is 30.5 Å². The summed E-state index contributed by atoms with van der Waals surface area (Å²) in [6, 6.07) is 12.2. The minimum atomic E-state index is -0.921. The molecule has 0 atom stereocenters. The molecule has 3 aromatic rings. The Morgan fingerprint density at radius 1 is 0.977 bits per heavy atom. The Morgan fingerprint density at radius 3 is 2.37 bits per heavy atom. The minimum Gasteiger partial charge on any atom is -0.493 e. The van der Waals surface area contributed by atoms with E-state index in [2.05, 4.69) is 10.6 Å². The zero-order valence-corrected chi connectivity index (χ0v) is 25.4. The number of hydrogen-bond donors (Lipinski definition) is 2. The number of amides is 5. The summed E-state index contributed by atoms with van der Waals surface area (Å²) >= 11 is 12.8. The quantitative estimate of drug-likeness (QED) is 0.206. The maximum atomic E-state index is 13.4. The van der Waals surface area contributed by atoms with Crippen molar-refractivity contribution in [3.63, 3.8) is 0 Å². The normalized spacial score (nSPS) is 14.0. The predicted octanol–water partition coefficient (Wildman–Crippen LogP) is 6.09. The van der Waals surface area contributed by atoms with Crippen molar-refractivity contribution in [2.24, 2.45) is 0 Å². The van der Waals surface area contributed by atoms with Gasteiger partial charge in [-0.25, -0.2) is 9.69 Å². The maximum Gasteiger partial charge on any atom is 0.335 e. The Labute approximate surface area is 258 Å². The summed E-state index contributed by atoms with van der Waals surface area (Å²) in [7, 11) is 1.43. The lowest BCUT2D eigenvalue weighted by Gasteiger charge is -2.27. The average Bonchev–Trinajstić information content (AvgIpc) is 2.95. The summed E-state index contributed by atoms with van der Waals surface area (Å²) in [5.74, 6) is -1.37. The fourth-order valence-corrected chi connectivity index (χ4v) is 4.79. The van der Waals surface area contributed by atoms with Crippen LogP contribution in [-0.2, 0) is 14.4 Å². The van der Waals surface area contributed by atoms with Gasteiger partial charge in [0, 0.05) is 11.8 Å². The van der Waals surface area contributed by atoms with Gasteiger partial charge in [-0.3, -0.25) is 19.7 Å². The van der Waals surface area contributed by atoms with Gasteiger partial charge in [-0.1, -0.05) is 42.3 Å². The highest BCUT2D eigenvalue weighted by molar-refractivity contribution is 6.40. The number of imide groups is 2. The van der Waals surface area contributed by atoms with Crippen LogP contribution in [0.3, 0.4) is 0 Å². The molecule has 43 heavy (non-hydrogen) atoms. The lowest BCUT2D eigenvalue weighted by atomic mass is 10.1. The fraction of sp³-hybridized carbons (Fsp3) is 0.226. The standard InChI is InChI=1S/C31H29Cl2N3O7/c1-5-10-42-25-9-8-20(15-26(25)41-4)36-30(39)21(29(38)35-31(36)40)12-19-13-22(32)28(23(33)14-19)43-16-27(37)34-24-11-17(2)6-7-18(24)3/h6-9,11-15H,5,10,16H2,1-4H3,(H,34,37)(H,35,38,40)/b21-12-. The number of hydrogen-bond acceptors (Lipinski definition) is 7. The molecule has 1 saturated heterocycles. The molecule has 0 bridgehead atoms. The van der Waals surface area contributed by atoms with Gasteiger partial charge in [0.15, 0.2) is 23.9 Å². The zero-order valence-electron chi connectivity index (χ0n) is 23.9. The molecule has 4 rings (SSSR count). The van der Waals surface area contributed by atoms with E-state index in [1.807, 2.05) is 39.0 Å². The summed E-state index contributed by atoms with van der Waals surface area (Å²) < 4.78 is 16.6. The van der Waals surface area contributed by atoms with Crippen molar-refractivity contribution in [2.45, 2.75) is 27.2 Å². The van der Waals surface area contributed by atoms with Gasteiger partial charge >= 0.3 is 6.03 Å². The first-order chi connectivity index (χ1) is 20.5. The van der Waals surface area contributed by atoms with Crippen molar-refractivity contribution in [1.29, 1.82) is 0 Å². The number of carbonyl (C=O) groups is 4. The number of anilines is 2. The van der Waals surface area contributed by atoms with E-state index >= 15 is 0 Å². The van der Waals surface area contributed by atoms with Crippen LogP contribution in [0.2, 0.25) is 10.0 Å². The van der Waals surface area contributed by atoms with E-state index in [4.69, 9.17) is 37.4 Å². The molecule has 0 saturated carbocycles. The third kappa shape index (κ3) is 7.28. The maximum absolute atomic E-state index is 13.4. The van der Waals surface area contributed by atoms with E-state index in [-0.39, 0.29) is 39.2 Å². The third-order valence-corrected chi connectivity index (χ3v) is 6.88. The van der Waals surface area contributed by atoms with Crippen LogP contribution < -0.4 is 29.7 Å². The van der Waals surface area contributed by atoms with E-state index < -0.39 is 23.8 Å². The molecule has 3 aromatic carbocycles. The number of ether oxygens (including phenoxy) is 3. The van der Waals surface area contributed by atoms with Crippen LogP contribution in [0.25, 0.3) is 6.08 Å². The number of halogens is 2. The largest absolute Gasteiger partial charge is 0.493 e. The van der Waals surface area contributed by atoms with Crippen LogP contribution in [0.15, 0.2) is 54.1 Å². The first-order valence-corrected chi connectivity index (χ1v) is 14.0. The SMILES string of the molecule is CCCOc1ccc(N2C(=O)NC(=O)/C(=C/c3cc(Cl)c(OCC(=O)Nc4cc(C)ccc4C)c(Cl)c3)C2=O)cc1OC. The molecule has 5 amide bonds. The Kier molecular flexibility index (Phi) is 9.95. The van der Waals surface area contributed by atoms with Crippen LogP contribution in [0.4, 0.5) is 16.2 Å². The van der Waals surface area contributed by atoms with Gasteiger partial charge in [0.25, 0.3) is 17.7 Å². The molecule has 0 aromatic heterocycles. The number of methoxy groups -OCH3 is 1. The van der Waals surface area contributed by atoms with E-state index in [0.717, 1.165) is 22.4 Å². The van der Waals surface area contributed by atoms with Crippen molar-refractivity contribution in [3.8, 4) is 17.2 Å². The Hall–Kier alpha value is -4.54. The van der Waals surface area contributed by atoms with Crippen LogP contribution in [0.5, 0.6) is 17.2 Å². The van der Waals surface area contributed by atoms with E-state index in [1.54, 1.807) is 6.07 Å². The number of urea groups is 1. The second-order valence-corrected chi connectivity index (χ2v) is 10.4. The highest BCUT2D eigenvalue weighted by atomic mass is 35.5. The Morgan fingerprint density at radius 2 is 1.70 bits per heavy atom. The summed E-state index contributed by atoms with van der Waals surface area (Å²) in [5, 5.41) is 5.04. The van der Waals surface area contributed by atoms with Crippen molar-refractivity contribution in [3.05, 3.63) is 80.8 Å². The minimum absolute atomic E-state index is 0.0443. The molecule has 1 aliphatic rings. The predicted molar refractivity (Wildman–Crippen MR) is 164 cm³/mol. The molecule has 2 N–H and O–H groups in total. The molecule has 0 spiro atoms. The van der Waals surface area contributed by atoms with Gasteiger partial charge < -0.3 is 19.5 Å². The summed E-state index contributed by atoms with van der Waals surface area (Å²) in [5.41, 5.74) is 2.67. The van der Waals surface area contributed by atoms with Crippen molar-refractivity contribution in [1.82, 2.24) is 5.32 Å². The first-order valence-electron chi connectivity index (χ1n) is 13.2. The highest BCUT2D eigenvalue weighted by Gasteiger charge is 2.37. The molecule has 0 radical (unpaired) electrons. The van der Waals surface area contributed by atoms with Gasteiger partial charge in [0.1, 0.15) is 5.57 Å². The molecule has 12 heteroatoms. The molecular weight excluding hydrogens is 597 g/mol. The molecule has 1 heterocycles. The highest BCUT2D eigenvalue weighted by Crippen LogP contribution is 2.36. The van der Waals surface area contributed by atoms with Crippen molar-refractivity contribution < 1.29 is 33.4 Å². The van der Waals surface area contributed by atoms with E-state index in [0.29, 0.717) is 23.8 Å². The molecule has 1 fully saturated rings. The second kappa shape index (κ2) is 13.6. The lowest BCUT2D eigenvalue weighted by molar-refractivity contribution is -0.122. The van der Waals surface area contributed by atoms with E-state index in [1.165, 1.54) is 37.5 Å². The fourth-order valence-electron chi connectivity index (χ4n) is 4.18. The van der Waals surface area contributed by atoms with Crippen LogP contribution in [0.1, 0.15) is 30.0 Å². The number of barbiturate groups is 1. The first kappa shape index (κ1) is 31.4. The number of nitrogens with one attached hydrogen (secondary N) is 2. The molecule has 10 nitrogen and oxygen atoms in total. The van der Waals surface area contributed by atoms with Crippen LogP contribution in [0, 0.1) is 13.8 Å². The van der Waals surface area contributed by atoms with Gasteiger partial charge in [-0.15, -0.1) is 0 Å². The zero-order chi connectivity index (χ0) is 31.3. The molecule has 224 valence electrons. The van der Waals surface area contributed by atoms with Gasteiger partial charge in [-0.05, 0) is 73.4 Å². The Balaban J connectivity index is 1.53. The summed E-state index contributed by atoms with van der Waals surface area (Å²) in [6.07, 6.45) is 2.03. The third-order valence-electron chi connectivity index (χ3n) is 6.32. The molecule has 1 aliphatic heterocycles. The molecule has 0 unspecified atom stereocenters. The molecular formula is C31H29Cl2N3O7. The van der Waals surface area contributed by atoms with E-state index in [9.17, 15) is 19.2 Å². The number of nitrogens with zero attached hydrogens (tertiary/aromatic N) is 1. The number of carbonyl (C=O) groups excluding carboxylic acids is 4. The monoisotopic (exact) mass is 625 g/mol. The van der Waals surface area contributed by atoms with Gasteiger partial charge in [0.05, 0.1) is 29.4 Å². The second-order valence-electron chi connectivity index (χ2n) is 9.61.